The standard InChI is InChI=1S/C26H28FN5O3/c1-30-10-12-31(13-11-30)23-21(27)14-19-22(25(23)35-2)32(18-8-9-18)16-20(24(19)33)26(34)29-28-15-17-6-4-3-5-7-17/h3-7,14-16,18H,8-13H2,1-2H3,(H,29,34)/b28-15-. The molecule has 1 aliphatic heterocycles. The van der Waals surface area contributed by atoms with Crippen molar-refractivity contribution in [1.29, 1.82) is 0 Å². The van der Waals surface area contributed by atoms with Crippen LogP contribution in [0.15, 0.2) is 52.5 Å². The molecule has 0 spiro atoms. The minimum Gasteiger partial charge on any atom is -0.492 e. The number of hydrogen-bond donors (Lipinski definition) is 1. The molecule has 0 unspecified atom stereocenters. The van der Waals surface area contributed by atoms with E-state index in [2.05, 4.69) is 15.4 Å². The fourth-order valence-electron chi connectivity index (χ4n) is 4.53. The van der Waals surface area contributed by atoms with E-state index >= 15 is 4.39 Å². The van der Waals surface area contributed by atoms with E-state index in [1.54, 1.807) is 6.20 Å². The molecule has 8 nitrogen and oxygen atoms in total. The maximum atomic E-state index is 15.5. The third-order valence-corrected chi connectivity index (χ3v) is 6.59. The van der Waals surface area contributed by atoms with E-state index in [4.69, 9.17) is 4.74 Å². The number of fused-ring (bicyclic) bond motifs is 1. The highest BCUT2D eigenvalue weighted by molar-refractivity contribution is 6.00. The Morgan fingerprint density at radius 3 is 2.54 bits per heavy atom. The van der Waals surface area contributed by atoms with Crippen LogP contribution in [0.5, 0.6) is 5.75 Å². The quantitative estimate of drug-likeness (QED) is 0.436. The summed E-state index contributed by atoms with van der Waals surface area (Å²) in [6.07, 6.45) is 4.89. The van der Waals surface area contributed by atoms with Gasteiger partial charge in [0.15, 0.2) is 11.6 Å². The lowest BCUT2D eigenvalue weighted by molar-refractivity contribution is 0.0953. The van der Waals surface area contributed by atoms with Gasteiger partial charge in [-0.3, -0.25) is 9.59 Å². The lowest BCUT2D eigenvalue weighted by Crippen LogP contribution is -2.45. The molecule has 2 heterocycles. The van der Waals surface area contributed by atoms with E-state index in [0.29, 0.717) is 30.0 Å². The van der Waals surface area contributed by atoms with Crippen LogP contribution in [-0.2, 0) is 0 Å². The number of amides is 1. The molecule has 0 atom stereocenters. The third-order valence-electron chi connectivity index (χ3n) is 6.59. The highest BCUT2D eigenvalue weighted by Crippen LogP contribution is 2.43. The van der Waals surface area contributed by atoms with Gasteiger partial charge in [0.1, 0.15) is 11.3 Å². The second-order valence-corrected chi connectivity index (χ2v) is 9.05. The Bertz CT molecular complexity index is 1340. The number of rotatable bonds is 6. The van der Waals surface area contributed by atoms with Gasteiger partial charge >= 0.3 is 0 Å². The molecule has 35 heavy (non-hydrogen) atoms. The van der Waals surface area contributed by atoms with E-state index in [-0.39, 0.29) is 17.0 Å². The topological polar surface area (TPSA) is 79.2 Å². The van der Waals surface area contributed by atoms with Crippen LogP contribution >= 0.6 is 0 Å². The number of likely N-dealkylation sites (N-methyl/N-ethyl adjacent to an activating group) is 1. The van der Waals surface area contributed by atoms with Gasteiger partial charge in [-0.25, -0.2) is 9.82 Å². The predicted octanol–water partition coefficient (Wildman–Crippen LogP) is 3.00. The van der Waals surface area contributed by atoms with Gasteiger partial charge in [-0.05, 0) is 31.5 Å². The first-order valence-corrected chi connectivity index (χ1v) is 11.7. The Balaban J connectivity index is 1.57. The van der Waals surface area contributed by atoms with Crippen LogP contribution < -0.4 is 20.5 Å². The SMILES string of the molecule is COc1c(N2CCN(C)CC2)c(F)cc2c(=O)c(C(=O)N/N=C\c3ccccc3)cn(C3CC3)c12. The molecule has 1 aliphatic carbocycles. The molecule has 2 aliphatic rings. The first kappa shape index (κ1) is 23.0. The maximum Gasteiger partial charge on any atom is 0.276 e. The van der Waals surface area contributed by atoms with Crippen molar-refractivity contribution in [2.75, 3.05) is 45.2 Å². The maximum absolute atomic E-state index is 15.5. The van der Waals surface area contributed by atoms with E-state index in [1.807, 2.05) is 46.8 Å². The Morgan fingerprint density at radius 1 is 1.17 bits per heavy atom. The molecule has 1 aromatic heterocycles. The number of carbonyl (C=O) groups excluding carboxylic acids is 1. The van der Waals surface area contributed by atoms with Crippen molar-refractivity contribution in [2.45, 2.75) is 18.9 Å². The van der Waals surface area contributed by atoms with Crippen LogP contribution in [0.3, 0.4) is 0 Å². The van der Waals surface area contributed by atoms with Gasteiger partial charge < -0.3 is 19.1 Å². The second kappa shape index (κ2) is 9.50. The summed E-state index contributed by atoms with van der Waals surface area (Å²) in [7, 11) is 3.53. The van der Waals surface area contributed by atoms with Crippen LogP contribution in [0, 0.1) is 5.82 Å². The zero-order valence-electron chi connectivity index (χ0n) is 19.8. The summed E-state index contributed by atoms with van der Waals surface area (Å²) in [5.41, 5.74) is 3.50. The number of hydrazone groups is 1. The van der Waals surface area contributed by atoms with Crippen molar-refractivity contribution in [1.82, 2.24) is 14.9 Å². The summed E-state index contributed by atoms with van der Waals surface area (Å²) in [5.74, 6) is -0.832. The molecule has 1 saturated carbocycles. The van der Waals surface area contributed by atoms with Gasteiger partial charge in [0, 0.05) is 38.4 Å². The number of aromatic nitrogens is 1. The molecule has 0 radical (unpaired) electrons. The number of halogens is 1. The zero-order chi connectivity index (χ0) is 24.5. The van der Waals surface area contributed by atoms with Crippen LogP contribution in [0.2, 0.25) is 0 Å². The van der Waals surface area contributed by atoms with Crippen LogP contribution in [0.1, 0.15) is 34.8 Å². The largest absolute Gasteiger partial charge is 0.492 e. The van der Waals surface area contributed by atoms with Crippen molar-refractivity contribution in [3.05, 3.63) is 69.8 Å². The summed E-state index contributed by atoms with van der Waals surface area (Å²) in [6.45, 7) is 2.92. The second-order valence-electron chi connectivity index (χ2n) is 9.05. The molecular weight excluding hydrogens is 449 g/mol. The first-order chi connectivity index (χ1) is 17.0. The van der Waals surface area contributed by atoms with Crippen LogP contribution in [0.25, 0.3) is 10.9 Å². The number of piperazine rings is 1. The van der Waals surface area contributed by atoms with E-state index in [0.717, 1.165) is 31.5 Å². The van der Waals surface area contributed by atoms with E-state index < -0.39 is 17.2 Å². The number of hydrogen-bond acceptors (Lipinski definition) is 6. The average molecular weight is 478 g/mol. The molecule has 182 valence electrons. The minimum atomic E-state index is -0.638. The number of pyridine rings is 1. The molecule has 2 aromatic carbocycles. The van der Waals surface area contributed by atoms with Gasteiger partial charge in [0.05, 0.1) is 24.2 Å². The van der Waals surface area contributed by atoms with E-state index in [9.17, 15) is 9.59 Å². The summed E-state index contributed by atoms with van der Waals surface area (Å²) in [6, 6.07) is 10.7. The Hall–Kier alpha value is -3.72. The van der Waals surface area contributed by atoms with Gasteiger partial charge in [-0.2, -0.15) is 5.10 Å². The molecule has 1 amide bonds. The summed E-state index contributed by atoms with van der Waals surface area (Å²) in [5, 5.41) is 4.11. The number of anilines is 1. The summed E-state index contributed by atoms with van der Waals surface area (Å²) < 4.78 is 23.1. The third kappa shape index (κ3) is 4.51. The fourth-order valence-corrected chi connectivity index (χ4v) is 4.53. The molecule has 1 N–H and O–H groups in total. The van der Waals surface area contributed by atoms with Gasteiger partial charge in [0.25, 0.3) is 5.91 Å². The number of nitrogens with zero attached hydrogens (tertiary/aromatic N) is 4. The normalized spacial score (nSPS) is 16.7. The van der Waals surface area contributed by atoms with Crippen molar-refractivity contribution in [3.63, 3.8) is 0 Å². The monoisotopic (exact) mass is 477 g/mol. The lowest BCUT2D eigenvalue weighted by atomic mass is 10.1. The Morgan fingerprint density at radius 2 is 1.89 bits per heavy atom. The number of carbonyl (C=O) groups is 1. The minimum absolute atomic E-state index is 0.0802. The van der Waals surface area contributed by atoms with Crippen molar-refractivity contribution >= 4 is 28.7 Å². The van der Waals surface area contributed by atoms with Crippen molar-refractivity contribution in [2.24, 2.45) is 5.10 Å². The van der Waals surface area contributed by atoms with Gasteiger partial charge in [-0.15, -0.1) is 0 Å². The molecule has 9 heteroatoms. The predicted molar refractivity (Wildman–Crippen MR) is 134 cm³/mol. The lowest BCUT2D eigenvalue weighted by Gasteiger charge is -2.35. The summed E-state index contributed by atoms with van der Waals surface area (Å²) in [4.78, 5) is 30.4. The average Bonchev–Trinajstić information content (AvgIpc) is 3.70. The molecule has 2 fully saturated rings. The smallest absolute Gasteiger partial charge is 0.276 e. The van der Waals surface area contributed by atoms with Gasteiger partial charge in [0.2, 0.25) is 5.43 Å². The molecule has 5 rings (SSSR count). The zero-order valence-corrected chi connectivity index (χ0v) is 19.8. The van der Waals surface area contributed by atoms with Crippen molar-refractivity contribution < 1.29 is 13.9 Å². The van der Waals surface area contributed by atoms with Crippen LogP contribution in [0.4, 0.5) is 10.1 Å². The highest BCUT2D eigenvalue weighted by atomic mass is 19.1. The number of nitrogens with one attached hydrogen (secondary N) is 1. The number of benzene rings is 2. The van der Waals surface area contributed by atoms with Crippen LogP contribution in [-0.4, -0.2) is 61.9 Å². The Kier molecular flexibility index (Phi) is 6.25. The first-order valence-electron chi connectivity index (χ1n) is 11.7. The highest BCUT2D eigenvalue weighted by Gasteiger charge is 2.31. The van der Waals surface area contributed by atoms with Gasteiger partial charge in [-0.1, -0.05) is 30.3 Å². The number of ether oxygens (including phenoxy) is 1. The van der Waals surface area contributed by atoms with E-state index in [1.165, 1.54) is 19.4 Å². The molecule has 3 aromatic rings. The number of methoxy groups -OCH3 is 1. The summed E-state index contributed by atoms with van der Waals surface area (Å²) >= 11 is 0. The van der Waals surface area contributed by atoms with Crippen molar-refractivity contribution in [3.8, 4) is 5.75 Å². The molecular formula is C26H28FN5O3. The molecule has 1 saturated heterocycles. The Labute approximate surface area is 202 Å². The fraction of sp³-hybridized carbons (Fsp3) is 0.346. The molecule has 0 bridgehead atoms.